The molecule has 0 spiro atoms. The molecule has 6 aromatic carbocycles. The van der Waals surface area contributed by atoms with Crippen molar-refractivity contribution in [2.24, 2.45) is 11.8 Å². The molecule has 0 saturated heterocycles. The Morgan fingerprint density at radius 1 is 0.538 bits per heavy atom. The third-order valence-electron chi connectivity index (χ3n) is 10.5. The minimum atomic E-state index is 0.280. The maximum atomic E-state index is 5.25. The van der Waals surface area contributed by atoms with Gasteiger partial charge in [0, 0.05) is 59.5 Å². The average molecular weight is 683 g/mol. The Balaban J connectivity index is 1.19. The Kier molecular flexibility index (Phi) is 6.51. The van der Waals surface area contributed by atoms with Gasteiger partial charge in [0.05, 0.1) is 16.7 Å². The van der Waals surface area contributed by atoms with E-state index >= 15 is 0 Å². The Morgan fingerprint density at radius 3 is 2.13 bits per heavy atom. The molecule has 4 nitrogen and oxygen atoms in total. The van der Waals surface area contributed by atoms with Crippen LogP contribution in [0.1, 0.15) is 5.82 Å². The monoisotopic (exact) mass is 682 g/mol. The molecule has 11 rings (SSSR count). The molecule has 0 aliphatic heterocycles. The summed E-state index contributed by atoms with van der Waals surface area (Å²) in [6.07, 6.45) is 15.5. The molecule has 52 heavy (non-hydrogen) atoms. The summed E-state index contributed by atoms with van der Waals surface area (Å²) >= 11 is 1.81. The summed E-state index contributed by atoms with van der Waals surface area (Å²) in [5.74, 6) is 2.67. The Hall–Kier alpha value is -6.43. The molecule has 0 saturated carbocycles. The molecule has 2 aliphatic rings. The van der Waals surface area contributed by atoms with Crippen LogP contribution in [0.15, 0.2) is 170 Å². The van der Waals surface area contributed by atoms with E-state index in [-0.39, 0.29) is 5.92 Å². The summed E-state index contributed by atoms with van der Waals surface area (Å²) in [6, 6.07) is 45.6. The summed E-state index contributed by atoms with van der Waals surface area (Å²) in [6.45, 7) is 0. The van der Waals surface area contributed by atoms with Crippen LogP contribution in [0, 0.1) is 11.8 Å². The van der Waals surface area contributed by atoms with Crippen LogP contribution in [-0.2, 0) is 0 Å². The minimum Gasteiger partial charge on any atom is -0.309 e. The second-order valence-corrected chi connectivity index (χ2v) is 14.6. The van der Waals surface area contributed by atoms with Gasteiger partial charge in [-0.25, -0.2) is 15.0 Å². The lowest BCUT2D eigenvalue weighted by molar-refractivity contribution is 0.662. The number of fused-ring (bicyclic) bond motifs is 8. The van der Waals surface area contributed by atoms with E-state index in [2.05, 4.69) is 156 Å². The van der Waals surface area contributed by atoms with Crippen LogP contribution in [0.25, 0.3) is 86.8 Å². The van der Waals surface area contributed by atoms with Gasteiger partial charge in [-0.2, -0.15) is 0 Å². The first-order chi connectivity index (χ1) is 25.8. The predicted molar refractivity (Wildman–Crippen MR) is 218 cm³/mol. The first-order valence-corrected chi connectivity index (χ1v) is 18.5. The number of para-hydroxylation sites is 1. The molecule has 2 unspecified atom stereocenters. The van der Waals surface area contributed by atoms with Crippen molar-refractivity contribution in [1.82, 2.24) is 19.5 Å². The van der Waals surface area contributed by atoms with Gasteiger partial charge in [-0.15, -0.1) is 11.3 Å². The van der Waals surface area contributed by atoms with Crippen molar-refractivity contribution < 1.29 is 0 Å². The molecule has 244 valence electrons. The summed E-state index contributed by atoms with van der Waals surface area (Å²) in [5, 5.41) is 7.40. The first-order valence-electron chi connectivity index (χ1n) is 17.7. The standard InChI is InChI=1S/C47H30N4S/c1-2-13-30(14-3-1)45-48-46(34-23-22-29-12-4-5-15-31(29)26-34)50-47(49-45)37-24-25-40(43-36-19-9-11-21-42(36)52-44(37)43)51-39-20-10-8-18-35(39)38-27-32-16-6-7-17-33(32)28-41(38)51/h1-29,31H. The highest BCUT2D eigenvalue weighted by molar-refractivity contribution is 7.26. The molecule has 0 bridgehead atoms. The van der Waals surface area contributed by atoms with Gasteiger partial charge in [0.25, 0.3) is 0 Å². The maximum Gasteiger partial charge on any atom is 0.165 e. The predicted octanol–water partition coefficient (Wildman–Crippen LogP) is 12.1. The van der Waals surface area contributed by atoms with E-state index in [4.69, 9.17) is 15.0 Å². The van der Waals surface area contributed by atoms with E-state index in [1.807, 2.05) is 18.2 Å². The number of allylic oxidation sites excluding steroid dienone is 8. The quantitative estimate of drug-likeness (QED) is 0.186. The Bertz CT molecular complexity index is 3030. The minimum absolute atomic E-state index is 0.280. The van der Waals surface area contributed by atoms with Crippen LogP contribution in [0.2, 0.25) is 0 Å². The number of nitrogens with zero attached hydrogens (tertiary/aromatic N) is 4. The number of benzene rings is 6. The maximum absolute atomic E-state index is 5.25. The summed E-state index contributed by atoms with van der Waals surface area (Å²) in [4.78, 5) is 15.5. The molecule has 2 aliphatic carbocycles. The molecular formula is C47H30N4S. The smallest absolute Gasteiger partial charge is 0.165 e. The largest absolute Gasteiger partial charge is 0.309 e. The zero-order valence-electron chi connectivity index (χ0n) is 28.0. The van der Waals surface area contributed by atoms with Gasteiger partial charge in [-0.3, -0.25) is 0 Å². The second-order valence-electron chi connectivity index (χ2n) is 13.6. The molecule has 3 aromatic heterocycles. The van der Waals surface area contributed by atoms with Crippen LogP contribution in [-0.4, -0.2) is 19.5 Å². The van der Waals surface area contributed by atoms with Gasteiger partial charge in [-0.1, -0.05) is 134 Å². The van der Waals surface area contributed by atoms with Crippen molar-refractivity contribution in [2.75, 3.05) is 0 Å². The van der Waals surface area contributed by atoms with Gasteiger partial charge < -0.3 is 4.57 Å². The lowest BCUT2D eigenvalue weighted by Gasteiger charge is -2.22. The van der Waals surface area contributed by atoms with Crippen molar-refractivity contribution in [3.05, 3.63) is 176 Å². The topological polar surface area (TPSA) is 43.6 Å². The molecule has 9 aromatic rings. The van der Waals surface area contributed by atoms with E-state index in [0.29, 0.717) is 23.4 Å². The van der Waals surface area contributed by atoms with Crippen molar-refractivity contribution in [2.45, 2.75) is 0 Å². The first kappa shape index (κ1) is 29.3. The highest BCUT2D eigenvalue weighted by atomic mass is 32.1. The van der Waals surface area contributed by atoms with Gasteiger partial charge in [0.2, 0.25) is 0 Å². The normalized spacial score (nSPS) is 16.7. The van der Waals surface area contributed by atoms with E-state index in [0.717, 1.165) is 27.1 Å². The fourth-order valence-electron chi connectivity index (χ4n) is 8.06. The highest BCUT2D eigenvalue weighted by Gasteiger charge is 2.24. The van der Waals surface area contributed by atoms with Crippen LogP contribution < -0.4 is 0 Å². The van der Waals surface area contributed by atoms with Crippen molar-refractivity contribution in [1.29, 1.82) is 0 Å². The molecule has 0 fully saturated rings. The molecule has 0 radical (unpaired) electrons. The van der Waals surface area contributed by atoms with Crippen LogP contribution >= 0.6 is 11.3 Å². The van der Waals surface area contributed by atoms with E-state index < -0.39 is 0 Å². The van der Waals surface area contributed by atoms with Crippen molar-refractivity contribution >= 4 is 69.7 Å². The fraction of sp³-hybridized carbons (Fsp3) is 0.0426. The van der Waals surface area contributed by atoms with Crippen LogP contribution in [0.5, 0.6) is 0 Å². The number of hydrogen-bond donors (Lipinski definition) is 0. The van der Waals surface area contributed by atoms with Gasteiger partial charge in [0.15, 0.2) is 17.5 Å². The van der Waals surface area contributed by atoms with E-state index in [1.54, 1.807) is 11.3 Å². The molecular weight excluding hydrogens is 653 g/mol. The summed E-state index contributed by atoms with van der Waals surface area (Å²) < 4.78 is 4.85. The van der Waals surface area contributed by atoms with Gasteiger partial charge >= 0.3 is 0 Å². The van der Waals surface area contributed by atoms with Crippen molar-refractivity contribution in [3.8, 4) is 28.5 Å². The zero-order valence-corrected chi connectivity index (χ0v) is 28.8. The lowest BCUT2D eigenvalue weighted by atomic mass is 9.83. The number of hydrogen-bond acceptors (Lipinski definition) is 4. The van der Waals surface area contributed by atoms with Gasteiger partial charge in [-0.05, 0) is 47.2 Å². The lowest BCUT2D eigenvalue weighted by Crippen LogP contribution is -2.12. The summed E-state index contributed by atoms with van der Waals surface area (Å²) in [5.41, 5.74) is 6.52. The molecule has 2 atom stereocenters. The molecule has 0 N–H and O–H groups in total. The average Bonchev–Trinajstić information content (AvgIpc) is 3.76. The number of rotatable bonds is 4. The SMILES string of the molecule is C1=CC2C=CC(c3nc(-c4ccccc4)nc(-c4ccc(-n5c6ccccc6c6cc7ccccc7cc65)c5c4sc4ccccc45)n3)=CC2C=C1. The third kappa shape index (κ3) is 4.56. The fourth-order valence-corrected chi connectivity index (χ4v) is 9.29. The second kappa shape index (κ2) is 11.6. The number of aromatic nitrogens is 4. The van der Waals surface area contributed by atoms with E-state index in [9.17, 15) is 0 Å². The molecule has 0 amide bonds. The van der Waals surface area contributed by atoms with Crippen LogP contribution in [0.3, 0.4) is 0 Å². The Morgan fingerprint density at radius 2 is 1.25 bits per heavy atom. The third-order valence-corrected chi connectivity index (χ3v) is 11.7. The highest BCUT2D eigenvalue weighted by Crippen LogP contribution is 2.45. The molecule has 3 heterocycles. The summed E-state index contributed by atoms with van der Waals surface area (Å²) in [7, 11) is 0. The van der Waals surface area contributed by atoms with Gasteiger partial charge in [0.1, 0.15) is 0 Å². The number of thiophene rings is 1. The zero-order chi connectivity index (χ0) is 34.2. The van der Waals surface area contributed by atoms with E-state index in [1.165, 1.54) is 48.1 Å². The Labute approximate surface area is 304 Å². The van der Waals surface area contributed by atoms with Crippen LogP contribution in [0.4, 0.5) is 0 Å². The molecule has 5 heteroatoms. The van der Waals surface area contributed by atoms with Crippen molar-refractivity contribution in [3.63, 3.8) is 0 Å².